The Morgan fingerprint density at radius 1 is 0.878 bits per heavy atom. The van der Waals surface area contributed by atoms with Crippen LogP contribution in [-0.2, 0) is 21.0 Å². The number of nitrogens with zero attached hydrogens (tertiary/aromatic N) is 1. The van der Waals surface area contributed by atoms with Crippen LogP contribution < -0.4 is 15.4 Å². The summed E-state index contributed by atoms with van der Waals surface area (Å²) in [7, 11) is 1.42. The van der Waals surface area contributed by atoms with Crippen molar-refractivity contribution >= 4 is 29.2 Å². The number of aliphatic hydroxyl groups is 1. The number of carbonyl (C=O) groups is 3. The van der Waals surface area contributed by atoms with Crippen LogP contribution in [-0.4, -0.2) is 50.2 Å². The van der Waals surface area contributed by atoms with E-state index in [2.05, 4.69) is 15.6 Å². The number of hydrogen-bond donors (Lipinski definition) is 6. The lowest BCUT2D eigenvalue weighted by Gasteiger charge is -2.09. The number of amides is 2. The summed E-state index contributed by atoms with van der Waals surface area (Å²) >= 11 is 0. The summed E-state index contributed by atoms with van der Waals surface area (Å²) in [6, 6.07) is 17.5. The summed E-state index contributed by atoms with van der Waals surface area (Å²) in [5.74, 6) is -1.06. The highest BCUT2D eigenvalue weighted by atomic mass is 16.5. The molecular weight excluding hydrogens is 528 g/mol. The molecule has 41 heavy (non-hydrogen) atoms. The third-order valence-corrected chi connectivity index (χ3v) is 6.31. The minimum Gasteiger partial charge on any atom is -0.504 e. The molecule has 0 unspecified atom stereocenters. The fourth-order valence-corrected chi connectivity index (χ4v) is 4.13. The number of hydrogen-bond acceptors (Lipinski definition) is 7. The number of anilines is 2. The van der Waals surface area contributed by atoms with Gasteiger partial charge in [-0.25, -0.2) is 4.98 Å². The summed E-state index contributed by atoms with van der Waals surface area (Å²) < 4.78 is 5.28. The van der Waals surface area contributed by atoms with Crippen molar-refractivity contribution in [2.24, 2.45) is 0 Å². The number of benzene rings is 3. The number of imidazole rings is 1. The number of aromatic hydroxyl groups is 1. The van der Waals surface area contributed by atoms with E-state index in [1.807, 2.05) is 12.1 Å². The van der Waals surface area contributed by atoms with Crippen molar-refractivity contribution in [1.82, 2.24) is 9.97 Å². The topological polar surface area (TPSA) is 174 Å². The third kappa shape index (κ3) is 6.89. The van der Waals surface area contributed by atoms with Gasteiger partial charge in [-0.15, -0.1) is 0 Å². The smallest absolute Gasteiger partial charge is 0.303 e. The average Bonchev–Trinajstić information content (AvgIpc) is 3.42. The number of carboxylic acids is 1. The Morgan fingerprint density at radius 3 is 2.05 bits per heavy atom. The van der Waals surface area contributed by atoms with E-state index >= 15 is 0 Å². The van der Waals surface area contributed by atoms with Gasteiger partial charge in [-0.05, 0) is 36.4 Å². The zero-order valence-corrected chi connectivity index (χ0v) is 22.5. The van der Waals surface area contributed by atoms with Crippen LogP contribution in [0.15, 0.2) is 60.7 Å². The number of methoxy groups -OCH3 is 1. The fraction of sp³-hybridized carbons (Fsp3) is 0.200. The fourth-order valence-electron chi connectivity index (χ4n) is 4.13. The van der Waals surface area contributed by atoms with E-state index in [1.54, 1.807) is 55.5 Å². The number of phenols is 1. The minimum atomic E-state index is -1.05. The molecule has 0 saturated carbocycles. The summed E-state index contributed by atoms with van der Waals surface area (Å²) in [6.07, 6.45) is -0.0342. The lowest BCUT2D eigenvalue weighted by molar-refractivity contribution is -0.138. The second-order valence-electron chi connectivity index (χ2n) is 9.15. The zero-order chi connectivity index (χ0) is 29.5. The lowest BCUT2D eigenvalue weighted by atomic mass is 10.0. The average molecular weight is 559 g/mol. The van der Waals surface area contributed by atoms with E-state index in [9.17, 15) is 24.6 Å². The first kappa shape index (κ1) is 28.8. The number of nitrogens with one attached hydrogen (secondary N) is 3. The Balaban J connectivity index is 1.74. The highest BCUT2D eigenvalue weighted by Crippen LogP contribution is 2.38. The quantitative estimate of drug-likeness (QED) is 0.153. The van der Waals surface area contributed by atoms with Crippen LogP contribution in [0.1, 0.15) is 31.7 Å². The Hall–Kier alpha value is -5.16. The second-order valence-corrected chi connectivity index (χ2v) is 9.15. The summed E-state index contributed by atoms with van der Waals surface area (Å²) in [4.78, 5) is 42.8. The van der Waals surface area contributed by atoms with Gasteiger partial charge in [0.25, 0.3) is 0 Å². The van der Waals surface area contributed by atoms with Gasteiger partial charge in [-0.2, -0.15) is 0 Å². The van der Waals surface area contributed by atoms with Gasteiger partial charge in [0.15, 0.2) is 11.5 Å². The molecule has 212 valence electrons. The first-order valence-electron chi connectivity index (χ1n) is 12.9. The van der Waals surface area contributed by atoms with Gasteiger partial charge < -0.3 is 35.7 Å². The third-order valence-electron chi connectivity index (χ3n) is 6.31. The van der Waals surface area contributed by atoms with Crippen LogP contribution in [0.5, 0.6) is 11.5 Å². The van der Waals surface area contributed by atoms with Crippen LogP contribution >= 0.6 is 0 Å². The lowest BCUT2D eigenvalue weighted by Crippen LogP contribution is -2.13. The highest BCUT2D eigenvalue weighted by molar-refractivity contribution is 5.93. The van der Waals surface area contributed by atoms with E-state index in [0.29, 0.717) is 40.6 Å². The van der Waals surface area contributed by atoms with Crippen LogP contribution in [0.4, 0.5) is 11.4 Å². The number of H-pyrrole nitrogens is 1. The van der Waals surface area contributed by atoms with Crippen molar-refractivity contribution in [2.75, 3.05) is 17.7 Å². The zero-order valence-electron chi connectivity index (χ0n) is 22.5. The predicted octanol–water partition coefficient (Wildman–Crippen LogP) is 4.77. The molecule has 11 nitrogen and oxygen atoms in total. The molecule has 0 aliphatic rings. The molecule has 0 saturated heterocycles. The Labute approximate surface area is 235 Å². The minimum absolute atomic E-state index is 0.100. The Morgan fingerprint density at radius 2 is 1.49 bits per heavy atom. The van der Waals surface area contributed by atoms with Gasteiger partial charge >= 0.3 is 5.97 Å². The van der Waals surface area contributed by atoms with Crippen molar-refractivity contribution in [2.45, 2.75) is 32.8 Å². The molecule has 1 heterocycles. The molecule has 0 spiro atoms. The van der Waals surface area contributed by atoms with Gasteiger partial charge in [-0.3, -0.25) is 14.4 Å². The van der Waals surface area contributed by atoms with Gasteiger partial charge in [0.1, 0.15) is 5.82 Å². The SMILES string of the molecule is CCC(=O)Nc1ccc(-c2nc(-c3cc(CO)c(O)c(OC)c3)[nH]c2-c2ccc(NC(=O)CCC(=O)O)cc2)cc1. The molecule has 4 aromatic rings. The molecule has 0 bridgehead atoms. The van der Waals surface area contributed by atoms with Crippen LogP contribution in [0, 0.1) is 0 Å². The van der Waals surface area contributed by atoms with Crippen molar-refractivity contribution < 1.29 is 34.4 Å². The monoisotopic (exact) mass is 558 g/mol. The van der Waals surface area contributed by atoms with Gasteiger partial charge in [-0.1, -0.05) is 31.2 Å². The number of aliphatic hydroxyl groups excluding tert-OH is 1. The Kier molecular flexibility index (Phi) is 9.00. The molecule has 2 amide bonds. The number of aromatic nitrogens is 2. The number of carbonyl (C=O) groups excluding carboxylic acids is 2. The molecule has 3 aromatic carbocycles. The number of rotatable bonds is 11. The maximum atomic E-state index is 12.1. The van der Waals surface area contributed by atoms with Crippen molar-refractivity contribution in [3.63, 3.8) is 0 Å². The summed E-state index contributed by atoms with van der Waals surface area (Å²) in [5.41, 5.74) is 4.78. The summed E-state index contributed by atoms with van der Waals surface area (Å²) in [6.45, 7) is 1.37. The number of aromatic amines is 1. The first-order valence-corrected chi connectivity index (χ1v) is 12.9. The van der Waals surface area contributed by atoms with Crippen molar-refractivity contribution in [3.05, 3.63) is 66.2 Å². The Bertz CT molecular complexity index is 1540. The van der Waals surface area contributed by atoms with E-state index < -0.39 is 18.5 Å². The number of carboxylic acid groups (broad SMARTS) is 1. The highest BCUT2D eigenvalue weighted by Gasteiger charge is 2.19. The molecular formula is C30H30N4O7. The van der Waals surface area contributed by atoms with Crippen LogP contribution in [0.25, 0.3) is 33.9 Å². The van der Waals surface area contributed by atoms with Gasteiger partial charge in [0.05, 0.1) is 31.5 Å². The van der Waals surface area contributed by atoms with E-state index in [-0.39, 0.29) is 35.8 Å². The first-order chi connectivity index (χ1) is 19.7. The molecule has 0 aliphatic heterocycles. The van der Waals surface area contributed by atoms with Crippen molar-refractivity contribution in [1.29, 1.82) is 0 Å². The molecule has 11 heteroatoms. The maximum Gasteiger partial charge on any atom is 0.303 e. The van der Waals surface area contributed by atoms with E-state index in [1.165, 1.54) is 7.11 Å². The largest absolute Gasteiger partial charge is 0.504 e. The normalized spacial score (nSPS) is 10.7. The second kappa shape index (κ2) is 12.8. The number of ether oxygens (including phenoxy) is 1. The van der Waals surface area contributed by atoms with Gasteiger partial charge in [0, 0.05) is 46.5 Å². The van der Waals surface area contributed by atoms with Crippen LogP contribution in [0.2, 0.25) is 0 Å². The molecule has 0 atom stereocenters. The van der Waals surface area contributed by atoms with Gasteiger partial charge in [0.2, 0.25) is 11.8 Å². The van der Waals surface area contributed by atoms with E-state index in [0.717, 1.165) is 11.1 Å². The molecule has 4 rings (SSSR count). The molecule has 6 N–H and O–H groups in total. The maximum absolute atomic E-state index is 12.1. The van der Waals surface area contributed by atoms with E-state index in [4.69, 9.17) is 14.8 Å². The standard InChI is InChI=1S/C30H30N4O7/c1-3-24(36)31-21-8-4-17(5-9-21)27-28(18-6-10-22(11-7-18)32-25(37)12-13-26(38)39)34-30(33-27)19-14-20(16-35)29(40)23(15-19)41-2/h4-11,14-15,35,40H,3,12-13,16H2,1-2H3,(H,31,36)(H,32,37)(H,33,34)(H,38,39). The molecule has 0 fully saturated rings. The molecule has 0 radical (unpaired) electrons. The molecule has 0 aliphatic carbocycles. The van der Waals surface area contributed by atoms with Crippen LogP contribution in [0.3, 0.4) is 0 Å². The summed E-state index contributed by atoms with van der Waals surface area (Å²) in [5, 5.41) is 34.4. The predicted molar refractivity (Wildman–Crippen MR) is 153 cm³/mol. The number of aliphatic carboxylic acids is 1. The molecule has 1 aromatic heterocycles. The van der Waals surface area contributed by atoms with Crippen molar-refractivity contribution in [3.8, 4) is 45.4 Å².